The third-order valence-corrected chi connectivity index (χ3v) is 3.78. The van der Waals surface area contributed by atoms with Gasteiger partial charge in [-0.05, 0) is 36.8 Å². The SMILES string of the molecule is O=C(NCC1CCC(C(=O)O)CC1)Nc1nnns1. The van der Waals surface area contributed by atoms with Gasteiger partial charge in [0.15, 0.2) is 0 Å². The lowest BCUT2D eigenvalue weighted by Gasteiger charge is -2.26. The maximum Gasteiger partial charge on any atom is 0.321 e. The molecule has 1 fully saturated rings. The molecule has 0 aromatic carbocycles. The van der Waals surface area contributed by atoms with Gasteiger partial charge in [0.25, 0.3) is 0 Å². The highest BCUT2D eigenvalue weighted by Crippen LogP contribution is 2.28. The first-order valence-electron chi connectivity index (χ1n) is 6.08. The van der Waals surface area contributed by atoms with Gasteiger partial charge >= 0.3 is 12.0 Å². The summed E-state index contributed by atoms with van der Waals surface area (Å²) in [7, 11) is 0. The minimum atomic E-state index is -0.715. The van der Waals surface area contributed by atoms with Crippen molar-refractivity contribution in [2.45, 2.75) is 25.7 Å². The fraction of sp³-hybridized carbons (Fsp3) is 0.700. The van der Waals surface area contributed by atoms with Gasteiger partial charge < -0.3 is 10.4 Å². The number of hydrogen-bond donors (Lipinski definition) is 3. The first kappa shape index (κ1) is 13.7. The number of aromatic nitrogens is 3. The van der Waals surface area contributed by atoms with Gasteiger partial charge in [-0.25, -0.2) is 4.79 Å². The number of amides is 2. The number of nitrogens with zero attached hydrogens (tertiary/aromatic N) is 3. The fourth-order valence-electron chi connectivity index (χ4n) is 2.17. The maximum atomic E-state index is 11.5. The molecule has 0 saturated heterocycles. The van der Waals surface area contributed by atoms with Crippen LogP contribution in [0.5, 0.6) is 0 Å². The van der Waals surface area contributed by atoms with Gasteiger partial charge in [-0.3, -0.25) is 10.1 Å². The first-order chi connectivity index (χ1) is 9.15. The molecule has 0 radical (unpaired) electrons. The van der Waals surface area contributed by atoms with Crippen LogP contribution in [0.2, 0.25) is 0 Å². The monoisotopic (exact) mass is 285 g/mol. The molecule has 1 saturated carbocycles. The molecule has 0 unspecified atom stereocenters. The lowest BCUT2D eigenvalue weighted by atomic mass is 9.82. The number of rotatable bonds is 4. The minimum absolute atomic E-state index is 0.224. The third-order valence-electron chi connectivity index (χ3n) is 3.27. The van der Waals surface area contributed by atoms with Crippen LogP contribution in [-0.4, -0.2) is 38.5 Å². The van der Waals surface area contributed by atoms with Gasteiger partial charge in [0.1, 0.15) is 0 Å². The van der Waals surface area contributed by atoms with Crippen LogP contribution in [0.15, 0.2) is 0 Å². The van der Waals surface area contributed by atoms with E-state index in [2.05, 4.69) is 25.4 Å². The van der Waals surface area contributed by atoms with Crippen molar-refractivity contribution in [3.05, 3.63) is 0 Å². The Kier molecular flexibility index (Phi) is 4.61. The number of carbonyl (C=O) groups is 2. The molecule has 0 bridgehead atoms. The topological polar surface area (TPSA) is 117 Å². The van der Waals surface area contributed by atoms with Crippen LogP contribution in [0.1, 0.15) is 25.7 Å². The number of aliphatic carboxylic acids is 1. The van der Waals surface area contributed by atoms with Crippen molar-refractivity contribution in [3.8, 4) is 0 Å². The Morgan fingerprint density at radius 3 is 2.63 bits per heavy atom. The fourth-order valence-corrected chi connectivity index (χ4v) is 2.54. The van der Waals surface area contributed by atoms with E-state index in [1.807, 2.05) is 0 Å². The number of hydrogen-bond acceptors (Lipinski definition) is 6. The molecule has 1 heterocycles. The number of urea groups is 1. The van der Waals surface area contributed by atoms with E-state index in [0.29, 0.717) is 30.4 Å². The van der Waals surface area contributed by atoms with E-state index < -0.39 is 5.97 Å². The summed E-state index contributed by atoms with van der Waals surface area (Å²) < 4.78 is 3.53. The summed E-state index contributed by atoms with van der Waals surface area (Å²) in [5, 5.41) is 21.5. The summed E-state index contributed by atoms with van der Waals surface area (Å²) in [6.07, 6.45) is 3.03. The number of carbonyl (C=O) groups excluding carboxylic acids is 1. The van der Waals surface area contributed by atoms with Crippen molar-refractivity contribution in [2.75, 3.05) is 11.9 Å². The van der Waals surface area contributed by atoms with E-state index in [4.69, 9.17) is 5.11 Å². The van der Waals surface area contributed by atoms with Gasteiger partial charge in [-0.1, -0.05) is 9.59 Å². The van der Waals surface area contributed by atoms with Gasteiger partial charge in [0, 0.05) is 18.1 Å². The first-order valence-corrected chi connectivity index (χ1v) is 6.85. The predicted molar refractivity (Wildman–Crippen MR) is 67.8 cm³/mol. The zero-order valence-corrected chi connectivity index (χ0v) is 11.0. The molecule has 1 aliphatic carbocycles. The average molecular weight is 285 g/mol. The highest BCUT2D eigenvalue weighted by atomic mass is 32.1. The van der Waals surface area contributed by atoms with Gasteiger partial charge in [-0.2, -0.15) is 0 Å². The lowest BCUT2D eigenvalue weighted by molar-refractivity contribution is -0.143. The van der Waals surface area contributed by atoms with Gasteiger partial charge in [0.2, 0.25) is 5.13 Å². The molecule has 0 aliphatic heterocycles. The van der Waals surface area contributed by atoms with Crippen molar-refractivity contribution in [3.63, 3.8) is 0 Å². The number of carboxylic acids is 1. The zero-order valence-electron chi connectivity index (χ0n) is 10.2. The Hall–Kier alpha value is -1.77. The molecule has 8 nitrogen and oxygen atoms in total. The summed E-state index contributed by atoms with van der Waals surface area (Å²) in [6.45, 7) is 0.546. The number of nitrogens with one attached hydrogen (secondary N) is 2. The van der Waals surface area contributed by atoms with Crippen LogP contribution < -0.4 is 10.6 Å². The summed E-state index contributed by atoms with van der Waals surface area (Å²) >= 11 is 1.01. The highest BCUT2D eigenvalue weighted by molar-refractivity contribution is 7.09. The number of anilines is 1. The number of carboxylic acid groups (broad SMARTS) is 1. The summed E-state index contributed by atoms with van der Waals surface area (Å²) in [4.78, 5) is 22.3. The van der Waals surface area contributed by atoms with E-state index in [-0.39, 0.29) is 11.9 Å². The summed E-state index contributed by atoms with van der Waals surface area (Å²) in [5.41, 5.74) is 0. The molecular weight excluding hydrogens is 270 g/mol. The van der Waals surface area contributed by atoms with E-state index in [1.54, 1.807) is 0 Å². The standard InChI is InChI=1S/C10H15N5O3S/c16-8(17)7-3-1-6(2-4-7)5-11-9(18)12-10-13-14-15-19-10/h6-7H,1-5H2,(H,16,17)(H2,11,12,13,15,18). The molecule has 0 atom stereocenters. The second-order valence-electron chi connectivity index (χ2n) is 4.56. The molecule has 19 heavy (non-hydrogen) atoms. The molecule has 2 rings (SSSR count). The second-order valence-corrected chi connectivity index (χ2v) is 5.29. The van der Waals surface area contributed by atoms with E-state index in [0.717, 1.165) is 24.4 Å². The molecule has 1 aliphatic rings. The molecule has 104 valence electrons. The minimum Gasteiger partial charge on any atom is -0.481 e. The average Bonchev–Trinajstić information content (AvgIpc) is 2.89. The van der Waals surface area contributed by atoms with Gasteiger partial charge in [0.05, 0.1) is 5.92 Å². The van der Waals surface area contributed by atoms with Crippen molar-refractivity contribution in [1.29, 1.82) is 0 Å². The van der Waals surface area contributed by atoms with Crippen molar-refractivity contribution < 1.29 is 14.7 Å². The Morgan fingerprint density at radius 1 is 1.32 bits per heavy atom. The Bertz CT molecular complexity index is 430. The Labute approximate surface area is 113 Å². The van der Waals surface area contributed by atoms with Gasteiger partial charge in [-0.15, -0.1) is 0 Å². The Balaban J connectivity index is 1.66. The maximum absolute atomic E-state index is 11.5. The lowest BCUT2D eigenvalue weighted by Crippen LogP contribution is -2.35. The summed E-state index contributed by atoms with van der Waals surface area (Å²) in [6, 6.07) is -0.334. The molecule has 2 amide bonds. The van der Waals surface area contributed by atoms with E-state index >= 15 is 0 Å². The third kappa shape index (κ3) is 4.12. The summed E-state index contributed by atoms with van der Waals surface area (Å²) in [5.74, 6) is -0.598. The molecule has 0 spiro atoms. The second kappa shape index (κ2) is 6.41. The highest BCUT2D eigenvalue weighted by Gasteiger charge is 2.25. The quantitative estimate of drug-likeness (QED) is 0.758. The normalized spacial score (nSPS) is 22.7. The molecule has 9 heteroatoms. The van der Waals surface area contributed by atoms with Crippen molar-refractivity contribution in [2.24, 2.45) is 11.8 Å². The molecule has 3 N–H and O–H groups in total. The van der Waals surface area contributed by atoms with Crippen LogP contribution >= 0.6 is 11.5 Å². The van der Waals surface area contributed by atoms with Crippen LogP contribution in [0.4, 0.5) is 9.93 Å². The zero-order chi connectivity index (χ0) is 13.7. The molecule has 1 aromatic rings. The van der Waals surface area contributed by atoms with Crippen LogP contribution in [-0.2, 0) is 4.79 Å². The molecule has 1 aromatic heterocycles. The van der Waals surface area contributed by atoms with Crippen LogP contribution in [0.25, 0.3) is 0 Å². The van der Waals surface area contributed by atoms with Crippen molar-refractivity contribution >= 4 is 28.7 Å². The van der Waals surface area contributed by atoms with Crippen molar-refractivity contribution in [1.82, 2.24) is 20.1 Å². The van der Waals surface area contributed by atoms with Crippen LogP contribution in [0.3, 0.4) is 0 Å². The van der Waals surface area contributed by atoms with E-state index in [1.165, 1.54) is 0 Å². The van der Waals surface area contributed by atoms with Crippen LogP contribution in [0, 0.1) is 11.8 Å². The molecular formula is C10H15N5O3S. The van der Waals surface area contributed by atoms with E-state index in [9.17, 15) is 9.59 Å². The smallest absolute Gasteiger partial charge is 0.321 e. The predicted octanol–water partition coefficient (Wildman–Crippen LogP) is 0.946. The Morgan fingerprint density at radius 2 is 2.05 bits per heavy atom. The largest absolute Gasteiger partial charge is 0.481 e.